The van der Waals surface area contributed by atoms with E-state index in [1.54, 1.807) is 0 Å². The first-order chi connectivity index (χ1) is 7.41. The van der Waals surface area contributed by atoms with E-state index in [-0.39, 0.29) is 11.3 Å². The van der Waals surface area contributed by atoms with Gasteiger partial charge in [-0.1, -0.05) is 13.8 Å². The van der Waals surface area contributed by atoms with Crippen molar-refractivity contribution in [3.63, 3.8) is 0 Å². The summed E-state index contributed by atoms with van der Waals surface area (Å²) in [5.41, 5.74) is 0.879. The van der Waals surface area contributed by atoms with Gasteiger partial charge in [0.2, 0.25) is 0 Å². The van der Waals surface area contributed by atoms with Gasteiger partial charge in [-0.25, -0.2) is 4.79 Å². The highest BCUT2D eigenvalue weighted by Gasteiger charge is 2.12. The van der Waals surface area contributed by atoms with Gasteiger partial charge in [0.1, 0.15) is 5.75 Å². The van der Waals surface area contributed by atoms with Crippen molar-refractivity contribution >= 4 is 21.9 Å². The average molecular weight is 287 g/mol. The zero-order valence-corrected chi connectivity index (χ0v) is 10.9. The van der Waals surface area contributed by atoms with Crippen molar-refractivity contribution in [3.05, 3.63) is 27.7 Å². The van der Waals surface area contributed by atoms with E-state index >= 15 is 0 Å². The molecule has 0 saturated heterocycles. The highest BCUT2D eigenvalue weighted by atomic mass is 79.9. The third-order valence-corrected chi connectivity index (χ3v) is 2.98. The van der Waals surface area contributed by atoms with Crippen LogP contribution in [0.25, 0.3) is 0 Å². The molecule has 1 aromatic rings. The van der Waals surface area contributed by atoms with Crippen molar-refractivity contribution in [2.45, 2.75) is 26.7 Å². The van der Waals surface area contributed by atoms with E-state index in [0.29, 0.717) is 22.4 Å². The lowest BCUT2D eigenvalue weighted by Gasteiger charge is -2.09. The molecule has 0 aliphatic heterocycles. The van der Waals surface area contributed by atoms with Crippen LogP contribution in [0.4, 0.5) is 0 Å². The highest BCUT2D eigenvalue weighted by Crippen LogP contribution is 2.30. The minimum Gasteiger partial charge on any atom is -0.506 e. The molecule has 16 heavy (non-hydrogen) atoms. The fourth-order valence-corrected chi connectivity index (χ4v) is 1.92. The fraction of sp³-hybridized carbons (Fsp3) is 0.417. The van der Waals surface area contributed by atoms with Crippen LogP contribution in [0.3, 0.4) is 0 Å². The molecule has 0 aromatic heterocycles. The third-order valence-electron chi connectivity index (χ3n) is 2.38. The molecule has 2 N–H and O–H groups in total. The van der Waals surface area contributed by atoms with E-state index in [1.807, 2.05) is 0 Å². The van der Waals surface area contributed by atoms with E-state index in [4.69, 9.17) is 5.11 Å². The van der Waals surface area contributed by atoms with Gasteiger partial charge < -0.3 is 10.2 Å². The van der Waals surface area contributed by atoms with Crippen molar-refractivity contribution < 1.29 is 15.0 Å². The molecule has 0 aliphatic carbocycles. The molecule has 88 valence electrons. The topological polar surface area (TPSA) is 57.5 Å². The van der Waals surface area contributed by atoms with Crippen LogP contribution in [0.5, 0.6) is 5.75 Å². The van der Waals surface area contributed by atoms with Crippen LogP contribution in [-0.4, -0.2) is 16.2 Å². The molecule has 1 aromatic carbocycles. The van der Waals surface area contributed by atoms with Gasteiger partial charge in [0.15, 0.2) is 0 Å². The van der Waals surface area contributed by atoms with Crippen LogP contribution in [0.1, 0.15) is 36.2 Å². The molecule has 0 fully saturated rings. The molecule has 0 bridgehead atoms. The van der Waals surface area contributed by atoms with E-state index < -0.39 is 5.97 Å². The Hall–Kier alpha value is -1.03. The SMILES string of the molecule is CC(C)CCc1cc(C(=O)O)cc(Br)c1O. The number of aryl methyl sites for hydroxylation is 1. The Kier molecular flexibility index (Phi) is 4.35. The van der Waals surface area contributed by atoms with Gasteiger partial charge in [0, 0.05) is 0 Å². The molecular weight excluding hydrogens is 272 g/mol. The molecule has 0 aliphatic rings. The second-order valence-electron chi connectivity index (χ2n) is 4.20. The van der Waals surface area contributed by atoms with Gasteiger partial charge >= 0.3 is 5.97 Å². The van der Waals surface area contributed by atoms with E-state index in [1.165, 1.54) is 12.1 Å². The monoisotopic (exact) mass is 286 g/mol. The average Bonchev–Trinajstić information content (AvgIpc) is 2.19. The lowest BCUT2D eigenvalue weighted by atomic mass is 10.0. The van der Waals surface area contributed by atoms with Gasteiger partial charge in [-0.15, -0.1) is 0 Å². The van der Waals surface area contributed by atoms with Crippen LogP contribution in [0, 0.1) is 5.92 Å². The summed E-state index contributed by atoms with van der Waals surface area (Å²) >= 11 is 3.16. The summed E-state index contributed by atoms with van der Waals surface area (Å²) in [6, 6.07) is 2.95. The maximum Gasteiger partial charge on any atom is 0.335 e. The maximum atomic E-state index is 10.9. The molecule has 0 amide bonds. The van der Waals surface area contributed by atoms with Crippen molar-refractivity contribution in [3.8, 4) is 5.75 Å². The number of aromatic carboxylic acids is 1. The first-order valence-corrected chi connectivity index (χ1v) is 5.95. The Morgan fingerprint density at radius 2 is 2.06 bits per heavy atom. The Bertz CT molecular complexity index is 399. The number of halogens is 1. The summed E-state index contributed by atoms with van der Waals surface area (Å²) < 4.78 is 0.436. The number of carboxylic acids is 1. The molecule has 0 heterocycles. The van der Waals surface area contributed by atoms with Crippen LogP contribution in [0.2, 0.25) is 0 Å². The lowest BCUT2D eigenvalue weighted by Crippen LogP contribution is -2.00. The summed E-state index contributed by atoms with van der Waals surface area (Å²) in [5.74, 6) is -0.316. The minimum atomic E-state index is -0.980. The lowest BCUT2D eigenvalue weighted by molar-refractivity contribution is 0.0696. The van der Waals surface area contributed by atoms with Crippen molar-refractivity contribution in [2.75, 3.05) is 0 Å². The normalized spacial score (nSPS) is 10.8. The van der Waals surface area contributed by atoms with Crippen LogP contribution < -0.4 is 0 Å². The Labute approximate surface area is 103 Å². The van der Waals surface area contributed by atoms with Crippen molar-refractivity contribution in [1.82, 2.24) is 0 Å². The predicted molar refractivity (Wildman–Crippen MR) is 65.9 cm³/mol. The largest absolute Gasteiger partial charge is 0.506 e. The van der Waals surface area contributed by atoms with Crippen LogP contribution >= 0.6 is 15.9 Å². The van der Waals surface area contributed by atoms with Crippen molar-refractivity contribution in [2.24, 2.45) is 5.92 Å². The number of hydrogen-bond donors (Lipinski definition) is 2. The fourth-order valence-electron chi connectivity index (χ4n) is 1.41. The summed E-state index contributed by atoms with van der Waals surface area (Å²) in [4.78, 5) is 10.9. The molecule has 4 heteroatoms. The van der Waals surface area contributed by atoms with E-state index in [2.05, 4.69) is 29.8 Å². The molecule has 1 rings (SSSR count). The Morgan fingerprint density at radius 3 is 2.56 bits per heavy atom. The van der Waals surface area contributed by atoms with E-state index in [0.717, 1.165) is 6.42 Å². The predicted octanol–water partition coefficient (Wildman–Crippen LogP) is 3.44. The maximum absolute atomic E-state index is 10.9. The zero-order valence-electron chi connectivity index (χ0n) is 9.33. The van der Waals surface area contributed by atoms with Gasteiger partial charge in [-0.3, -0.25) is 0 Å². The molecular formula is C12H15BrO3. The molecule has 3 nitrogen and oxygen atoms in total. The van der Waals surface area contributed by atoms with Gasteiger partial charge in [0.05, 0.1) is 10.0 Å². The standard InChI is InChI=1S/C12H15BrO3/c1-7(2)3-4-8-5-9(12(15)16)6-10(13)11(8)14/h5-7,14H,3-4H2,1-2H3,(H,15,16). The summed E-state index contributed by atoms with van der Waals surface area (Å²) in [5, 5.41) is 18.7. The second-order valence-corrected chi connectivity index (χ2v) is 5.06. The van der Waals surface area contributed by atoms with E-state index in [9.17, 15) is 9.90 Å². The zero-order chi connectivity index (χ0) is 12.3. The van der Waals surface area contributed by atoms with Gasteiger partial charge in [0.25, 0.3) is 0 Å². The number of phenolic OH excluding ortho intramolecular Hbond substituents is 1. The summed E-state index contributed by atoms with van der Waals surface area (Å²) in [7, 11) is 0. The molecule has 0 atom stereocenters. The summed E-state index contributed by atoms with van der Waals surface area (Å²) in [6.07, 6.45) is 1.60. The highest BCUT2D eigenvalue weighted by molar-refractivity contribution is 9.10. The number of aromatic hydroxyl groups is 1. The molecule has 0 saturated carbocycles. The number of benzene rings is 1. The smallest absolute Gasteiger partial charge is 0.335 e. The Balaban J connectivity index is 3.02. The van der Waals surface area contributed by atoms with Crippen molar-refractivity contribution in [1.29, 1.82) is 0 Å². The number of phenols is 1. The molecule has 0 unspecified atom stereocenters. The second kappa shape index (κ2) is 5.34. The van der Waals surface area contributed by atoms with Gasteiger partial charge in [-0.05, 0) is 52.4 Å². The summed E-state index contributed by atoms with van der Waals surface area (Å²) in [6.45, 7) is 4.18. The first-order valence-electron chi connectivity index (χ1n) is 5.16. The molecule has 0 spiro atoms. The number of carboxylic acid groups (broad SMARTS) is 1. The Morgan fingerprint density at radius 1 is 1.44 bits per heavy atom. The third kappa shape index (κ3) is 3.23. The number of rotatable bonds is 4. The minimum absolute atomic E-state index is 0.144. The number of carbonyl (C=O) groups is 1. The quantitative estimate of drug-likeness (QED) is 0.891. The number of hydrogen-bond acceptors (Lipinski definition) is 2. The van der Waals surface area contributed by atoms with Crippen LogP contribution in [0.15, 0.2) is 16.6 Å². The van der Waals surface area contributed by atoms with Crippen LogP contribution in [-0.2, 0) is 6.42 Å². The first kappa shape index (κ1) is 13.0. The van der Waals surface area contributed by atoms with Gasteiger partial charge in [-0.2, -0.15) is 0 Å². The molecule has 0 radical (unpaired) electrons.